The van der Waals surface area contributed by atoms with Crippen molar-refractivity contribution in [3.05, 3.63) is 0 Å². The zero-order chi connectivity index (χ0) is 16.0. The lowest BCUT2D eigenvalue weighted by Crippen LogP contribution is -2.59. The van der Waals surface area contributed by atoms with Gasteiger partial charge in [0.25, 0.3) is 0 Å². The molecule has 7 nitrogen and oxygen atoms in total. The number of hydrogen-bond donors (Lipinski definition) is 4. The predicted molar refractivity (Wildman–Crippen MR) is 77.8 cm³/mol. The minimum absolute atomic E-state index is 0.0889. The highest BCUT2D eigenvalue weighted by Crippen LogP contribution is 2.34. The number of amides is 3. The number of carbonyl (C=O) groups excluding carboxylic acids is 2. The summed E-state index contributed by atoms with van der Waals surface area (Å²) in [5.74, 6) is -0.846. The van der Waals surface area contributed by atoms with E-state index in [2.05, 4.69) is 16.0 Å². The summed E-state index contributed by atoms with van der Waals surface area (Å²) >= 11 is 0. The molecule has 0 spiro atoms. The highest BCUT2D eigenvalue weighted by atomic mass is 16.4. The Balaban J connectivity index is 2.41. The molecule has 1 rings (SSSR count). The first-order valence-corrected chi connectivity index (χ1v) is 7.32. The van der Waals surface area contributed by atoms with Crippen LogP contribution < -0.4 is 16.0 Å². The van der Waals surface area contributed by atoms with E-state index in [4.69, 9.17) is 5.11 Å². The van der Waals surface area contributed by atoms with Crippen molar-refractivity contribution in [2.75, 3.05) is 6.54 Å². The van der Waals surface area contributed by atoms with Crippen LogP contribution in [0.1, 0.15) is 46.5 Å². The van der Waals surface area contributed by atoms with Crippen LogP contribution in [0.3, 0.4) is 0 Å². The third-order valence-corrected chi connectivity index (χ3v) is 3.60. The van der Waals surface area contributed by atoms with E-state index in [1.807, 2.05) is 13.8 Å². The Kier molecular flexibility index (Phi) is 5.99. The van der Waals surface area contributed by atoms with Gasteiger partial charge in [0.1, 0.15) is 6.04 Å². The van der Waals surface area contributed by atoms with Gasteiger partial charge in [0.15, 0.2) is 0 Å². The van der Waals surface area contributed by atoms with Crippen LogP contribution in [-0.4, -0.2) is 41.1 Å². The Morgan fingerprint density at radius 3 is 2.24 bits per heavy atom. The molecule has 1 saturated carbocycles. The minimum Gasteiger partial charge on any atom is -0.481 e. The van der Waals surface area contributed by atoms with E-state index in [1.54, 1.807) is 6.92 Å². The normalized spacial score (nSPS) is 17.5. The van der Waals surface area contributed by atoms with Crippen molar-refractivity contribution in [2.45, 2.75) is 58.0 Å². The van der Waals surface area contributed by atoms with E-state index in [0.717, 1.165) is 6.42 Å². The second-order valence-electron chi connectivity index (χ2n) is 6.16. The number of carboxylic acids is 1. The average molecular weight is 299 g/mol. The number of aliphatic carboxylic acids is 1. The summed E-state index contributed by atoms with van der Waals surface area (Å²) in [6, 6.07) is -1.16. The topological polar surface area (TPSA) is 108 Å². The Hall–Kier alpha value is -1.79. The Labute approximate surface area is 124 Å². The third kappa shape index (κ3) is 5.61. The molecule has 4 N–H and O–H groups in total. The molecule has 21 heavy (non-hydrogen) atoms. The van der Waals surface area contributed by atoms with E-state index in [-0.39, 0.29) is 12.3 Å². The lowest BCUT2D eigenvalue weighted by atomic mass is 9.74. The van der Waals surface area contributed by atoms with Crippen molar-refractivity contribution >= 4 is 17.9 Å². The van der Waals surface area contributed by atoms with Crippen LogP contribution in [0.4, 0.5) is 4.79 Å². The summed E-state index contributed by atoms with van der Waals surface area (Å²) in [4.78, 5) is 34.5. The standard InChI is InChI=1S/C14H25N3O4/c1-9(2)8-15-12(20)10(3)16-13(21)17-14(5-4-6-14)7-11(18)19/h9-10H,4-8H2,1-3H3,(H,15,20)(H,18,19)(H2,16,17,21). The molecule has 0 aromatic carbocycles. The molecule has 1 aliphatic rings. The van der Waals surface area contributed by atoms with Crippen molar-refractivity contribution in [2.24, 2.45) is 5.92 Å². The monoisotopic (exact) mass is 299 g/mol. The van der Waals surface area contributed by atoms with Crippen LogP contribution in [0.2, 0.25) is 0 Å². The average Bonchev–Trinajstić information content (AvgIpc) is 2.32. The summed E-state index contributed by atoms with van der Waals surface area (Å²) in [5.41, 5.74) is -0.663. The van der Waals surface area contributed by atoms with Crippen LogP contribution in [0.5, 0.6) is 0 Å². The molecule has 7 heteroatoms. The predicted octanol–water partition coefficient (Wildman–Crippen LogP) is 0.844. The van der Waals surface area contributed by atoms with Gasteiger partial charge in [-0.2, -0.15) is 0 Å². The Morgan fingerprint density at radius 2 is 1.81 bits per heavy atom. The second kappa shape index (κ2) is 7.28. The largest absolute Gasteiger partial charge is 0.481 e. The smallest absolute Gasteiger partial charge is 0.315 e. The number of hydrogen-bond acceptors (Lipinski definition) is 3. The highest BCUT2D eigenvalue weighted by Gasteiger charge is 2.40. The maximum Gasteiger partial charge on any atom is 0.315 e. The summed E-state index contributed by atoms with van der Waals surface area (Å²) in [5, 5.41) is 16.9. The van der Waals surface area contributed by atoms with Gasteiger partial charge in [-0.1, -0.05) is 13.8 Å². The van der Waals surface area contributed by atoms with Crippen molar-refractivity contribution in [3.8, 4) is 0 Å². The molecule has 0 aliphatic heterocycles. The molecule has 0 bridgehead atoms. The first-order valence-electron chi connectivity index (χ1n) is 7.32. The molecule has 0 heterocycles. The number of carboxylic acid groups (broad SMARTS) is 1. The fourth-order valence-electron chi connectivity index (χ4n) is 2.24. The summed E-state index contributed by atoms with van der Waals surface area (Å²) in [7, 11) is 0. The van der Waals surface area contributed by atoms with Gasteiger partial charge in [-0.3, -0.25) is 9.59 Å². The van der Waals surface area contributed by atoms with Gasteiger partial charge in [-0.15, -0.1) is 0 Å². The van der Waals surface area contributed by atoms with E-state index in [9.17, 15) is 14.4 Å². The molecule has 0 aromatic rings. The summed E-state index contributed by atoms with van der Waals surface area (Å²) in [6.45, 7) is 6.12. The molecular weight excluding hydrogens is 274 g/mol. The zero-order valence-electron chi connectivity index (χ0n) is 12.9. The van der Waals surface area contributed by atoms with Gasteiger partial charge < -0.3 is 21.1 Å². The number of carbonyl (C=O) groups is 3. The number of nitrogens with one attached hydrogen (secondary N) is 3. The van der Waals surface area contributed by atoms with Crippen LogP contribution in [0.15, 0.2) is 0 Å². The lowest BCUT2D eigenvalue weighted by molar-refractivity contribution is -0.139. The zero-order valence-corrected chi connectivity index (χ0v) is 12.9. The molecular formula is C14H25N3O4. The van der Waals surface area contributed by atoms with E-state index in [1.165, 1.54) is 0 Å². The minimum atomic E-state index is -0.933. The van der Waals surface area contributed by atoms with Gasteiger partial charge in [-0.25, -0.2) is 4.79 Å². The SMILES string of the molecule is CC(C)CNC(=O)C(C)NC(=O)NC1(CC(=O)O)CCC1. The summed E-state index contributed by atoms with van der Waals surface area (Å²) in [6.07, 6.45) is 2.12. The van der Waals surface area contributed by atoms with E-state index >= 15 is 0 Å². The molecule has 0 radical (unpaired) electrons. The molecule has 1 fully saturated rings. The third-order valence-electron chi connectivity index (χ3n) is 3.60. The highest BCUT2D eigenvalue weighted by molar-refractivity contribution is 5.87. The van der Waals surface area contributed by atoms with Crippen molar-refractivity contribution < 1.29 is 19.5 Å². The summed E-state index contributed by atoms with van der Waals surface area (Å²) < 4.78 is 0. The first-order chi connectivity index (χ1) is 9.74. The Morgan fingerprint density at radius 1 is 1.19 bits per heavy atom. The Bertz CT molecular complexity index is 405. The lowest BCUT2D eigenvalue weighted by Gasteiger charge is -2.41. The second-order valence-corrected chi connectivity index (χ2v) is 6.16. The maximum absolute atomic E-state index is 11.9. The maximum atomic E-state index is 11.9. The van der Waals surface area contributed by atoms with Crippen LogP contribution in [0.25, 0.3) is 0 Å². The molecule has 3 amide bonds. The number of rotatable bonds is 7. The molecule has 0 saturated heterocycles. The molecule has 1 unspecified atom stereocenters. The number of urea groups is 1. The van der Waals surface area contributed by atoms with Gasteiger partial charge in [0, 0.05) is 6.54 Å². The van der Waals surface area contributed by atoms with E-state index in [0.29, 0.717) is 25.3 Å². The van der Waals surface area contributed by atoms with Crippen LogP contribution >= 0.6 is 0 Å². The van der Waals surface area contributed by atoms with Gasteiger partial charge in [0.05, 0.1) is 12.0 Å². The molecule has 120 valence electrons. The van der Waals surface area contributed by atoms with Gasteiger partial charge in [0.2, 0.25) is 5.91 Å². The van der Waals surface area contributed by atoms with Gasteiger partial charge in [-0.05, 0) is 32.1 Å². The van der Waals surface area contributed by atoms with Gasteiger partial charge >= 0.3 is 12.0 Å². The van der Waals surface area contributed by atoms with Crippen molar-refractivity contribution in [1.29, 1.82) is 0 Å². The van der Waals surface area contributed by atoms with E-state index < -0.39 is 23.6 Å². The van der Waals surface area contributed by atoms with Crippen LogP contribution in [-0.2, 0) is 9.59 Å². The fraction of sp³-hybridized carbons (Fsp3) is 0.786. The first kappa shape index (κ1) is 17.3. The van der Waals surface area contributed by atoms with Crippen LogP contribution in [0, 0.1) is 5.92 Å². The quantitative estimate of drug-likeness (QED) is 0.559. The van der Waals surface area contributed by atoms with Crippen molar-refractivity contribution in [1.82, 2.24) is 16.0 Å². The fourth-order valence-corrected chi connectivity index (χ4v) is 2.24. The molecule has 1 atom stereocenters. The van der Waals surface area contributed by atoms with Crippen molar-refractivity contribution in [3.63, 3.8) is 0 Å². The molecule has 1 aliphatic carbocycles. The molecule has 0 aromatic heterocycles.